The molecule has 2 rings (SSSR count). The summed E-state index contributed by atoms with van der Waals surface area (Å²) in [5, 5.41) is 3.51. The zero-order valence-corrected chi connectivity index (χ0v) is 13.3. The van der Waals surface area contributed by atoms with E-state index in [0.717, 1.165) is 42.8 Å². The quantitative estimate of drug-likeness (QED) is 0.897. The van der Waals surface area contributed by atoms with Crippen LogP contribution < -0.4 is 10.2 Å². The Hall–Kier alpha value is -1.16. The summed E-state index contributed by atoms with van der Waals surface area (Å²) in [5.41, 5.74) is 1.14. The van der Waals surface area contributed by atoms with Gasteiger partial charge in [-0.3, -0.25) is 0 Å². The van der Waals surface area contributed by atoms with E-state index in [2.05, 4.69) is 47.0 Å². The normalized spacial score (nSPS) is 19.4. The molecule has 0 aromatic carbocycles. The van der Waals surface area contributed by atoms with Crippen LogP contribution in [0.4, 0.5) is 5.82 Å². The molecule has 1 unspecified atom stereocenters. The Morgan fingerprint density at radius 3 is 2.80 bits per heavy atom. The molecule has 1 atom stereocenters. The maximum atomic E-state index is 4.66. The smallest absolute Gasteiger partial charge is 0.132 e. The number of aryl methyl sites for hydroxylation is 2. The first-order valence-electron chi connectivity index (χ1n) is 7.92. The minimum Gasteiger partial charge on any atom is -0.354 e. The summed E-state index contributed by atoms with van der Waals surface area (Å²) in [6, 6.07) is 2.62. The molecular formula is C16H28N4. The lowest BCUT2D eigenvalue weighted by atomic mass is 9.98. The lowest BCUT2D eigenvalue weighted by Gasteiger charge is -2.34. The van der Waals surface area contributed by atoms with Crippen molar-refractivity contribution in [3.63, 3.8) is 0 Å². The molecule has 1 aliphatic heterocycles. The maximum Gasteiger partial charge on any atom is 0.132 e. The Labute approximate surface area is 123 Å². The number of piperidine rings is 1. The molecule has 2 heterocycles. The van der Waals surface area contributed by atoms with Crippen molar-refractivity contribution < 1.29 is 0 Å². The number of aromatic nitrogens is 2. The van der Waals surface area contributed by atoms with E-state index >= 15 is 0 Å². The maximum absolute atomic E-state index is 4.66. The van der Waals surface area contributed by atoms with Crippen LogP contribution >= 0.6 is 0 Å². The Morgan fingerprint density at radius 1 is 1.40 bits per heavy atom. The molecule has 1 aromatic heterocycles. The molecule has 1 saturated heterocycles. The van der Waals surface area contributed by atoms with Crippen LogP contribution in [0.1, 0.15) is 45.1 Å². The zero-order chi connectivity index (χ0) is 14.5. The molecule has 112 valence electrons. The van der Waals surface area contributed by atoms with E-state index < -0.39 is 0 Å². The van der Waals surface area contributed by atoms with E-state index in [9.17, 15) is 0 Å². The van der Waals surface area contributed by atoms with E-state index in [1.165, 1.54) is 19.4 Å². The van der Waals surface area contributed by atoms with Gasteiger partial charge in [-0.05, 0) is 59.0 Å². The topological polar surface area (TPSA) is 41.0 Å². The summed E-state index contributed by atoms with van der Waals surface area (Å²) in [5.74, 6) is 2.70. The van der Waals surface area contributed by atoms with Crippen LogP contribution in [0.5, 0.6) is 0 Å². The SMILES string of the molecule is CCc1cc(N(CC2CCCNC2)C(C)C)nc(C)n1. The minimum absolute atomic E-state index is 0.468. The van der Waals surface area contributed by atoms with Gasteiger partial charge >= 0.3 is 0 Å². The molecule has 0 amide bonds. The molecular weight excluding hydrogens is 248 g/mol. The van der Waals surface area contributed by atoms with E-state index in [-0.39, 0.29) is 0 Å². The molecule has 1 aromatic rings. The Kier molecular flexibility index (Phi) is 5.35. The zero-order valence-electron chi connectivity index (χ0n) is 13.3. The number of rotatable bonds is 5. The molecule has 1 fully saturated rings. The predicted molar refractivity (Wildman–Crippen MR) is 84.2 cm³/mol. The number of hydrogen-bond acceptors (Lipinski definition) is 4. The van der Waals surface area contributed by atoms with Crippen LogP contribution in [-0.2, 0) is 6.42 Å². The molecule has 1 N–H and O–H groups in total. The van der Waals surface area contributed by atoms with Crippen molar-refractivity contribution in [2.75, 3.05) is 24.5 Å². The number of nitrogens with one attached hydrogen (secondary N) is 1. The Morgan fingerprint density at radius 2 is 2.20 bits per heavy atom. The van der Waals surface area contributed by atoms with Crippen molar-refractivity contribution in [2.24, 2.45) is 5.92 Å². The molecule has 0 aliphatic carbocycles. The van der Waals surface area contributed by atoms with Gasteiger partial charge in [0.2, 0.25) is 0 Å². The van der Waals surface area contributed by atoms with E-state index in [1.807, 2.05) is 6.92 Å². The van der Waals surface area contributed by atoms with E-state index in [0.29, 0.717) is 6.04 Å². The summed E-state index contributed by atoms with van der Waals surface area (Å²) < 4.78 is 0. The third-order valence-electron chi connectivity index (χ3n) is 4.01. The fourth-order valence-corrected chi connectivity index (χ4v) is 2.87. The first kappa shape index (κ1) is 15.2. The van der Waals surface area contributed by atoms with Crippen LogP contribution in [-0.4, -0.2) is 35.6 Å². The summed E-state index contributed by atoms with van der Waals surface area (Å²) in [4.78, 5) is 11.6. The Bertz CT molecular complexity index is 424. The lowest BCUT2D eigenvalue weighted by Crippen LogP contribution is -2.41. The highest BCUT2D eigenvalue weighted by Crippen LogP contribution is 2.20. The predicted octanol–water partition coefficient (Wildman–Crippen LogP) is 2.56. The third-order valence-corrected chi connectivity index (χ3v) is 4.01. The number of anilines is 1. The van der Waals surface area contributed by atoms with Crippen molar-refractivity contribution in [2.45, 2.75) is 53.0 Å². The second-order valence-electron chi connectivity index (χ2n) is 6.08. The second kappa shape index (κ2) is 7.02. The van der Waals surface area contributed by atoms with Crippen molar-refractivity contribution in [3.05, 3.63) is 17.6 Å². The van der Waals surface area contributed by atoms with Gasteiger partial charge in [0, 0.05) is 24.3 Å². The average molecular weight is 276 g/mol. The van der Waals surface area contributed by atoms with Gasteiger partial charge in [-0.15, -0.1) is 0 Å². The molecule has 4 heteroatoms. The van der Waals surface area contributed by atoms with Crippen molar-refractivity contribution in [1.29, 1.82) is 0 Å². The van der Waals surface area contributed by atoms with Gasteiger partial charge in [0.05, 0.1) is 0 Å². The number of nitrogens with zero attached hydrogens (tertiary/aromatic N) is 3. The summed E-state index contributed by atoms with van der Waals surface area (Å²) >= 11 is 0. The van der Waals surface area contributed by atoms with E-state index in [1.54, 1.807) is 0 Å². The van der Waals surface area contributed by atoms with Gasteiger partial charge in [0.15, 0.2) is 0 Å². The van der Waals surface area contributed by atoms with Gasteiger partial charge < -0.3 is 10.2 Å². The largest absolute Gasteiger partial charge is 0.354 e. The van der Waals surface area contributed by atoms with Gasteiger partial charge in [-0.2, -0.15) is 0 Å². The average Bonchev–Trinajstić information content (AvgIpc) is 2.44. The molecule has 20 heavy (non-hydrogen) atoms. The monoisotopic (exact) mass is 276 g/mol. The first-order valence-corrected chi connectivity index (χ1v) is 7.92. The van der Waals surface area contributed by atoms with E-state index in [4.69, 9.17) is 0 Å². The van der Waals surface area contributed by atoms with Crippen molar-refractivity contribution in [1.82, 2.24) is 15.3 Å². The number of hydrogen-bond donors (Lipinski definition) is 1. The Balaban J connectivity index is 2.16. The first-order chi connectivity index (χ1) is 9.60. The highest BCUT2D eigenvalue weighted by molar-refractivity contribution is 5.41. The standard InChI is InChI=1S/C16H28N4/c1-5-15-9-16(19-13(4)18-15)20(12(2)3)11-14-7-6-8-17-10-14/h9,12,14,17H,5-8,10-11H2,1-4H3. The van der Waals surface area contributed by atoms with Crippen LogP contribution in [0, 0.1) is 12.8 Å². The van der Waals surface area contributed by atoms with Crippen LogP contribution in [0.15, 0.2) is 6.07 Å². The van der Waals surface area contributed by atoms with Crippen molar-refractivity contribution >= 4 is 5.82 Å². The molecule has 0 bridgehead atoms. The molecule has 4 nitrogen and oxygen atoms in total. The van der Waals surface area contributed by atoms with Crippen molar-refractivity contribution in [3.8, 4) is 0 Å². The third kappa shape index (κ3) is 3.92. The van der Waals surface area contributed by atoms with Gasteiger partial charge in [0.1, 0.15) is 11.6 Å². The molecule has 1 aliphatic rings. The molecule has 0 spiro atoms. The minimum atomic E-state index is 0.468. The van der Waals surface area contributed by atoms with Gasteiger partial charge in [-0.1, -0.05) is 6.92 Å². The van der Waals surface area contributed by atoms with Gasteiger partial charge in [0.25, 0.3) is 0 Å². The fourth-order valence-electron chi connectivity index (χ4n) is 2.87. The molecule has 0 radical (unpaired) electrons. The second-order valence-corrected chi connectivity index (χ2v) is 6.08. The van der Waals surface area contributed by atoms with Gasteiger partial charge in [-0.25, -0.2) is 9.97 Å². The highest BCUT2D eigenvalue weighted by Gasteiger charge is 2.20. The summed E-state index contributed by atoms with van der Waals surface area (Å²) in [7, 11) is 0. The van der Waals surface area contributed by atoms with Crippen LogP contribution in [0.3, 0.4) is 0 Å². The van der Waals surface area contributed by atoms with Crippen LogP contribution in [0.2, 0.25) is 0 Å². The summed E-state index contributed by atoms with van der Waals surface area (Å²) in [6.07, 6.45) is 3.58. The fraction of sp³-hybridized carbons (Fsp3) is 0.750. The van der Waals surface area contributed by atoms with Crippen LogP contribution in [0.25, 0.3) is 0 Å². The summed E-state index contributed by atoms with van der Waals surface area (Å²) in [6.45, 7) is 12.0. The lowest BCUT2D eigenvalue weighted by molar-refractivity contribution is 0.370. The molecule has 0 saturated carbocycles. The highest BCUT2D eigenvalue weighted by atomic mass is 15.2.